The first-order valence-corrected chi connectivity index (χ1v) is 8.07. The van der Waals surface area contributed by atoms with Crippen molar-refractivity contribution in [3.05, 3.63) is 53.3 Å². The third kappa shape index (κ3) is 4.15. The lowest BCUT2D eigenvalue weighted by molar-refractivity contribution is 0.102. The molecule has 0 saturated carbocycles. The number of halogens is 1. The molecule has 0 bridgehead atoms. The molecule has 6 nitrogen and oxygen atoms in total. The van der Waals surface area contributed by atoms with E-state index >= 15 is 0 Å². The Morgan fingerprint density at radius 3 is 2.80 bits per heavy atom. The topological polar surface area (TPSA) is 80.0 Å². The van der Waals surface area contributed by atoms with Gasteiger partial charge in [-0.15, -0.1) is 12.4 Å². The van der Waals surface area contributed by atoms with E-state index in [4.69, 9.17) is 4.52 Å². The lowest BCUT2D eigenvalue weighted by Gasteiger charge is -2.11. The minimum atomic E-state index is -0.198. The van der Waals surface area contributed by atoms with E-state index in [9.17, 15) is 4.79 Å². The minimum Gasteiger partial charge on any atom is -0.336 e. The van der Waals surface area contributed by atoms with Crippen molar-refractivity contribution < 1.29 is 9.32 Å². The number of anilines is 1. The summed E-state index contributed by atoms with van der Waals surface area (Å²) in [5.74, 6) is -0.198. The molecular formula is C18H21ClN4O2. The highest BCUT2D eigenvalue weighted by Gasteiger charge is 2.14. The van der Waals surface area contributed by atoms with Crippen LogP contribution in [0.15, 0.2) is 41.1 Å². The molecule has 0 saturated heterocycles. The SMILES string of the molecule is CCNCc1ccccc1NC(=O)c1cnc2onc(CC)c2c1.Cl. The highest BCUT2D eigenvalue weighted by atomic mass is 35.5. The zero-order chi connectivity index (χ0) is 16.9. The first-order chi connectivity index (χ1) is 11.7. The molecule has 1 aromatic carbocycles. The first kappa shape index (κ1) is 18.9. The average Bonchev–Trinajstić information content (AvgIpc) is 3.03. The number of rotatable bonds is 6. The molecule has 25 heavy (non-hydrogen) atoms. The van der Waals surface area contributed by atoms with Crippen molar-refractivity contribution in [2.24, 2.45) is 0 Å². The van der Waals surface area contributed by atoms with Crippen molar-refractivity contribution in [3.8, 4) is 0 Å². The van der Waals surface area contributed by atoms with Gasteiger partial charge in [0, 0.05) is 18.4 Å². The highest BCUT2D eigenvalue weighted by Crippen LogP contribution is 2.20. The van der Waals surface area contributed by atoms with Crippen LogP contribution in [0.2, 0.25) is 0 Å². The van der Waals surface area contributed by atoms with E-state index in [1.807, 2.05) is 38.1 Å². The molecule has 3 rings (SSSR count). The van der Waals surface area contributed by atoms with Gasteiger partial charge in [-0.1, -0.05) is 37.2 Å². The van der Waals surface area contributed by atoms with Crippen LogP contribution in [-0.2, 0) is 13.0 Å². The van der Waals surface area contributed by atoms with Gasteiger partial charge in [-0.3, -0.25) is 4.79 Å². The smallest absolute Gasteiger partial charge is 0.257 e. The van der Waals surface area contributed by atoms with Crippen molar-refractivity contribution in [2.45, 2.75) is 26.8 Å². The van der Waals surface area contributed by atoms with E-state index in [1.165, 1.54) is 6.20 Å². The fourth-order valence-electron chi connectivity index (χ4n) is 2.51. The fourth-order valence-corrected chi connectivity index (χ4v) is 2.51. The Morgan fingerprint density at radius 1 is 1.24 bits per heavy atom. The third-order valence-corrected chi connectivity index (χ3v) is 3.83. The van der Waals surface area contributed by atoms with Crippen LogP contribution in [-0.4, -0.2) is 22.6 Å². The van der Waals surface area contributed by atoms with E-state index in [0.717, 1.165) is 35.3 Å². The van der Waals surface area contributed by atoms with Gasteiger partial charge in [-0.25, -0.2) is 4.98 Å². The molecule has 0 aliphatic heterocycles. The van der Waals surface area contributed by atoms with Crippen molar-refractivity contribution in [2.75, 3.05) is 11.9 Å². The molecule has 3 aromatic rings. The molecule has 7 heteroatoms. The van der Waals surface area contributed by atoms with Gasteiger partial charge in [0.15, 0.2) is 0 Å². The molecular weight excluding hydrogens is 340 g/mol. The molecule has 0 aliphatic rings. The molecule has 2 heterocycles. The maximum atomic E-state index is 12.6. The van der Waals surface area contributed by atoms with Crippen molar-refractivity contribution in [3.63, 3.8) is 0 Å². The number of aryl methyl sites for hydroxylation is 1. The standard InChI is InChI=1S/C18H20N4O2.ClH/c1-3-15-14-9-13(11-20-18(14)24-22-15)17(23)21-16-8-6-5-7-12(16)10-19-4-2;/h5-9,11,19H,3-4,10H2,1-2H3,(H,21,23);1H. The van der Waals surface area contributed by atoms with Crippen LogP contribution in [0.3, 0.4) is 0 Å². The number of nitrogens with one attached hydrogen (secondary N) is 2. The maximum Gasteiger partial charge on any atom is 0.257 e. The number of hydrogen-bond donors (Lipinski definition) is 2. The monoisotopic (exact) mass is 360 g/mol. The Hall–Kier alpha value is -2.44. The lowest BCUT2D eigenvalue weighted by Crippen LogP contribution is -2.17. The van der Waals surface area contributed by atoms with Crippen LogP contribution in [0.4, 0.5) is 5.69 Å². The number of amides is 1. The zero-order valence-electron chi connectivity index (χ0n) is 14.2. The van der Waals surface area contributed by atoms with Crippen LogP contribution in [0, 0.1) is 0 Å². The summed E-state index contributed by atoms with van der Waals surface area (Å²) in [7, 11) is 0. The molecule has 0 spiro atoms. The summed E-state index contributed by atoms with van der Waals surface area (Å²) < 4.78 is 5.16. The van der Waals surface area contributed by atoms with Crippen LogP contribution < -0.4 is 10.6 Å². The Labute approximate surface area is 152 Å². The van der Waals surface area contributed by atoms with Crippen molar-refractivity contribution in [1.29, 1.82) is 0 Å². The normalized spacial score (nSPS) is 10.5. The molecule has 0 fully saturated rings. The van der Waals surface area contributed by atoms with E-state index in [2.05, 4.69) is 20.8 Å². The van der Waals surface area contributed by atoms with E-state index < -0.39 is 0 Å². The number of fused-ring (bicyclic) bond motifs is 1. The second-order valence-electron chi connectivity index (χ2n) is 5.45. The summed E-state index contributed by atoms with van der Waals surface area (Å²) in [5, 5.41) is 11.0. The number of benzene rings is 1. The summed E-state index contributed by atoms with van der Waals surface area (Å²) in [6.45, 7) is 5.61. The Kier molecular flexibility index (Phi) is 6.50. The molecule has 0 radical (unpaired) electrons. The van der Waals surface area contributed by atoms with Crippen LogP contribution in [0.5, 0.6) is 0 Å². The van der Waals surface area contributed by atoms with Gasteiger partial charge in [-0.2, -0.15) is 0 Å². The van der Waals surface area contributed by atoms with Crippen LogP contribution >= 0.6 is 12.4 Å². The zero-order valence-corrected chi connectivity index (χ0v) is 15.0. The Bertz CT molecular complexity index is 863. The van der Waals surface area contributed by atoms with Crippen LogP contribution in [0.1, 0.15) is 35.5 Å². The number of aromatic nitrogens is 2. The van der Waals surface area contributed by atoms with Gasteiger partial charge in [0.25, 0.3) is 11.6 Å². The largest absolute Gasteiger partial charge is 0.336 e. The number of carbonyl (C=O) groups is 1. The number of para-hydroxylation sites is 1. The fraction of sp³-hybridized carbons (Fsp3) is 0.278. The Morgan fingerprint density at radius 2 is 2.04 bits per heavy atom. The molecule has 132 valence electrons. The maximum absolute atomic E-state index is 12.6. The van der Waals surface area contributed by atoms with E-state index in [0.29, 0.717) is 17.8 Å². The summed E-state index contributed by atoms with van der Waals surface area (Å²) in [5.41, 5.74) is 3.58. The van der Waals surface area contributed by atoms with Gasteiger partial charge < -0.3 is 15.2 Å². The van der Waals surface area contributed by atoms with Gasteiger partial charge in [0.1, 0.15) is 0 Å². The summed E-state index contributed by atoms with van der Waals surface area (Å²) in [6.07, 6.45) is 2.24. The lowest BCUT2D eigenvalue weighted by atomic mass is 10.1. The summed E-state index contributed by atoms with van der Waals surface area (Å²) in [4.78, 5) is 16.8. The van der Waals surface area contributed by atoms with Gasteiger partial charge in [-0.05, 0) is 30.7 Å². The van der Waals surface area contributed by atoms with E-state index in [1.54, 1.807) is 6.07 Å². The van der Waals surface area contributed by atoms with Crippen molar-refractivity contribution >= 4 is 35.1 Å². The van der Waals surface area contributed by atoms with Gasteiger partial charge >= 0.3 is 0 Å². The first-order valence-electron chi connectivity index (χ1n) is 8.07. The quantitative estimate of drug-likeness (QED) is 0.702. The highest BCUT2D eigenvalue weighted by molar-refractivity contribution is 6.06. The van der Waals surface area contributed by atoms with Gasteiger partial charge in [0.05, 0.1) is 16.6 Å². The molecule has 2 N–H and O–H groups in total. The van der Waals surface area contributed by atoms with Crippen LogP contribution in [0.25, 0.3) is 11.1 Å². The van der Waals surface area contributed by atoms with E-state index in [-0.39, 0.29) is 18.3 Å². The number of carbonyl (C=O) groups excluding carboxylic acids is 1. The third-order valence-electron chi connectivity index (χ3n) is 3.83. The number of nitrogens with zero attached hydrogens (tertiary/aromatic N) is 2. The Balaban J connectivity index is 0.00000225. The second-order valence-corrected chi connectivity index (χ2v) is 5.45. The van der Waals surface area contributed by atoms with Crippen molar-refractivity contribution in [1.82, 2.24) is 15.5 Å². The minimum absolute atomic E-state index is 0. The van der Waals surface area contributed by atoms with Gasteiger partial charge in [0.2, 0.25) is 0 Å². The molecule has 0 aliphatic carbocycles. The molecule has 0 unspecified atom stereocenters. The predicted octanol–water partition coefficient (Wildman–Crippen LogP) is 3.57. The molecule has 1 amide bonds. The number of hydrogen-bond acceptors (Lipinski definition) is 5. The molecule has 2 aromatic heterocycles. The number of pyridine rings is 1. The summed E-state index contributed by atoms with van der Waals surface area (Å²) in [6, 6.07) is 9.53. The molecule has 0 atom stereocenters. The second kappa shape index (κ2) is 8.60. The average molecular weight is 361 g/mol. The summed E-state index contributed by atoms with van der Waals surface area (Å²) >= 11 is 0. The predicted molar refractivity (Wildman–Crippen MR) is 100 cm³/mol.